The SMILES string of the molecule is CC(C)Oc1ccccc1CNc1nc(Nc2cnn(C)c2)ncc1C(=O)O. The minimum absolute atomic E-state index is 0.0148. The summed E-state index contributed by atoms with van der Waals surface area (Å²) in [5.41, 5.74) is 1.58. The zero-order chi connectivity index (χ0) is 20.1. The molecule has 28 heavy (non-hydrogen) atoms. The van der Waals surface area contributed by atoms with Gasteiger partial charge in [0.05, 0.1) is 18.0 Å². The largest absolute Gasteiger partial charge is 0.491 e. The van der Waals surface area contributed by atoms with Gasteiger partial charge in [0.25, 0.3) is 0 Å². The summed E-state index contributed by atoms with van der Waals surface area (Å²) < 4.78 is 7.44. The van der Waals surface area contributed by atoms with E-state index in [4.69, 9.17) is 4.74 Å². The van der Waals surface area contributed by atoms with Gasteiger partial charge in [0.1, 0.15) is 17.1 Å². The Kier molecular flexibility index (Phi) is 5.73. The number of aryl methyl sites for hydroxylation is 1. The summed E-state index contributed by atoms with van der Waals surface area (Å²) >= 11 is 0. The van der Waals surface area contributed by atoms with Crippen LogP contribution in [0, 0.1) is 0 Å². The quantitative estimate of drug-likeness (QED) is 0.545. The van der Waals surface area contributed by atoms with Gasteiger partial charge in [-0.05, 0) is 19.9 Å². The number of nitrogens with zero attached hydrogens (tertiary/aromatic N) is 4. The van der Waals surface area contributed by atoms with E-state index in [0.717, 1.165) is 11.3 Å². The summed E-state index contributed by atoms with van der Waals surface area (Å²) in [7, 11) is 1.79. The van der Waals surface area contributed by atoms with Crippen molar-refractivity contribution in [2.45, 2.75) is 26.5 Å². The second kappa shape index (κ2) is 8.38. The van der Waals surface area contributed by atoms with E-state index in [1.54, 1.807) is 24.1 Å². The van der Waals surface area contributed by atoms with Crippen LogP contribution in [0.25, 0.3) is 0 Å². The van der Waals surface area contributed by atoms with Crippen molar-refractivity contribution in [3.63, 3.8) is 0 Å². The van der Waals surface area contributed by atoms with E-state index in [2.05, 4.69) is 25.7 Å². The van der Waals surface area contributed by atoms with Gasteiger partial charge in [0.2, 0.25) is 5.95 Å². The summed E-state index contributed by atoms with van der Waals surface area (Å²) in [6.45, 7) is 4.26. The fourth-order valence-electron chi connectivity index (χ4n) is 2.55. The van der Waals surface area contributed by atoms with Crippen molar-refractivity contribution in [1.29, 1.82) is 0 Å². The Morgan fingerprint density at radius 2 is 2.07 bits per heavy atom. The Labute approximate surface area is 162 Å². The van der Waals surface area contributed by atoms with Crippen molar-refractivity contribution in [2.24, 2.45) is 7.05 Å². The fourth-order valence-corrected chi connectivity index (χ4v) is 2.55. The van der Waals surface area contributed by atoms with Crippen LogP contribution in [0.3, 0.4) is 0 Å². The molecule has 0 radical (unpaired) electrons. The number of hydrogen-bond donors (Lipinski definition) is 3. The third kappa shape index (κ3) is 4.76. The van der Waals surface area contributed by atoms with Crippen LogP contribution in [0.2, 0.25) is 0 Å². The molecule has 0 saturated carbocycles. The maximum Gasteiger partial charge on any atom is 0.341 e. The van der Waals surface area contributed by atoms with Crippen molar-refractivity contribution < 1.29 is 14.6 Å². The number of hydrogen-bond acceptors (Lipinski definition) is 7. The molecule has 0 spiro atoms. The first-order valence-corrected chi connectivity index (χ1v) is 8.77. The number of carboxylic acid groups (broad SMARTS) is 1. The number of nitrogens with one attached hydrogen (secondary N) is 2. The van der Waals surface area contributed by atoms with Crippen LogP contribution in [-0.4, -0.2) is 36.9 Å². The molecule has 2 aromatic heterocycles. The first kappa shape index (κ1) is 19.2. The molecular weight excluding hydrogens is 360 g/mol. The smallest absolute Gasteiger partial charge is 0.341 e. The highest BCUT2D eigenvalue weighted by Crippen LogP contribution is 2.22. The Morgan fingerprint density at radius 1 is 1.29 bits per heavy atom. The number of aromatic nitrogens is 4. The van der Waals surface area contributed by atoms with Gasteiger partial charge in [-0.1, -0.05) is 18.2 Å². The maximum atomic E-state index is 11.5. The second-order valence-corrected chi connectivity index (χ2v) is 6.42. The van der Waals surface area contributed by atoms with Crippen molar-refractivity contribution in [2.75, 3.05) is 10.6 Å². The molecule has 0 fully saturated rings. The highest BCUT2D eigenvalue weighted by Gasteiger charge is 2.15. The molecule has 146 valence electrons. The van der Waals surface area contributed by atoms with Crippen LogP contribution in [-0.2, 0) is 13.6 Å². The molecule has 9 nitrogen and oxygen atoms in total. The zero-order valence-corrected chi connectivity index (χ0v) is 15.9. The topological polar surface area (TPSA) is 114 Å². The summed E-state index contributed by atoms with van der Waals surface area (Å²) in [6, 6.07) is 7.59. The van der Waals surface area contributed by atoms with E-state index in [1.165, 1.54) is 6.20 Å². The number of aromatic carboxylic acids is 1. The molecule has 3 rings (SSSR count). The number of ether oxygens (including phenoxy) is 1. The third-order valence-electron chi connectivity index (χ3n) is 3.76. The van der Waals surface area contributed by atoms with Gasteiger partial charge in [-0.25, -0.2) is 9.78 Å². The summed E-state index contributed by atoms with van der Waals surface area (Å²) in [5, 5.41) is 19.6. The number of rotatable bonds is 8. The number of anilines is 3. The highest BCUT2D eigenvalue weighted by atomic mass is 16.5. The molecule has 0 bridgehead atoms. The monoisotopic (exact) mass is 382 g/mol. The molecule has 1 aromatic carbocycles. The van der Waals surface area contributed by atoms with E-state index < -0.39 is 5.97 Å². The van der Waals surface area contributed by atoms with Crippen molar-refractivity contribution in [3.8, 4) is 5.75 Å². The molecular formula is C19H22N6O3. The Balaban J connectivity index is 1.82. The average molecular weight is 382 g/mol. The summed E-state index contributed by atoms with van der Waals surface area (Å²) in [5.74, 6) is 0.118. The van der Waals surface area contributed by atoms with Gasteiger partial charge < -0.3 is 20.5 Å². The Bertz CT molecular complexity index is 970. The highest BCUT2D eigenvalue weighted by molar-refractivity contribution is 5.93. The van der Waals surface area contributed by atoms with Gasteiger partial charge >= 0.3 is 5.97 Å². The molecule has 3 aromatic rings. The molecule has 0 aliphatic rings. The van der Waals surface area contributed by atoms with E-state index in [1.807, 2.05) is 38.1 Å². The van der Waals surface area contributed by atoms with Gasteiger partial charge in [0, 0.05) is 31.5 Å². The van der Waals surface area contributed by atoms with Crippen molar-refractivity contribution >= 4 is 23.4 Å². The van der Waals surface area contributed by atoms with Crippen molar-refractivity contribution in [3.05, 3.63) is 54.0 Å². The summed E-state index contributed by atoms with van der Waals surface area (Å²) in [4.78, 5) is 19.9. The van der Waals surface area contributed by atoms with E-state index in [9.17, 15) is 9.90 Å². The van der Waals surface area contributed by atoms with Gasteiger partial charge in [-0.15, -0.1) is 0 Å². The Morgan fingerprint density at radius 3 is 2.75 bits per heavy atom. The molecule has 9 heteroatoms. The fraction of sp³-hybridized carbons (Fsp3) is 0.263. The molecule has 0 unspecified atom stereocenters. The minimum atomic E-state index is -1.11. The van der Waals surface area contributed by atoms with Crippen LogP contribution in [0.15, 0.2) is 42.9 Å². The molecule has 0 amide bonds. The maximum absolute atomic E-state index is 11.5. The van der Waals surface area contributed by atoms with Gasteiger partial charge in [-0.2, -0.15) is 10.1 Å². The molecule has 0 saturated heterocycles. The molecule has 3 N–H and O–H groups in total. The van der Waals surface area contributed by atoms with Crippen LogP contribution in [0.5, 0.6) is 5.75 Å². The van der Waals surface area contributed by atoms with Crippen molar-refractivity contribution in [1.82, 2.24) is 19.7 Å². The van der Waals surface area contributed by atoms with E-state index in [-0.39, 0.29) is 23.4 Å². The third-order valence-corrected chi connectivity index (χ3v) is 3.76. The number of benzene rings is 1. The van der Waals surface area contributed by atoms with Gasteiger partial charge in [0.15, 0.2) is 0 Å². The predicted molar refractivity (Wildman–Crippen MR) is 105 cm³/mol. The lowest BCUT2D eigenvalue weighted by Crippen LogP contribution is -2.12. The normalized spacial score (nSPS) is 10.7. The first-order valence-electron chi connectivity index (χ1n) is 8.77. The molecule has 2 heterocycles. The van der Waals surface area contributed by atoms with E-state index >= 15 is 0 Å². The average Bonchev–Trinajstić information content (AvgIpc) is 3.05. The predicted octanol–water partition coefficient (Wildman–Crippen LogP) is 3.05. The lowest BCUT2D eigenvalue weighted by atomic mass is 10.2. The second-order valence-electron chi connectivity index (χ2n) is 6.42. The minimum Gasteiger partial charge on any atom is -0.491 e. The Hall–Kier alpha value is -3.62. The number of carboxylic acids is 1. The number of para-hydroxylation sites is 1. The zero-order valence-electron chi connectivity index (χ0n) is 15.9. The van der Waals surface area contributed by atoms with Crippen LogP contribution < -0.4 is 15.4 Å². The molecule has 0 atom stereocenters. The standard InChI is InChI=1S/C19H22N6O3/c1-12(2)28-16-7-5-4-6-13(16)8-20-17-15(18(26)27)10-21-19(24-17)23-14-9-22-25(3)11-14/h4-7,9-12H,8H2,1-3H3,(H,26,27)(H2,20,21,23,24). The number of carbonyl (C=O) groups is 1. The molecule has 0 aliphatic heterocycles. The van der Waals surface area contributed by atoms with Crippen LogP contribution >= 0.6 is 0 Å². The lowest BCUT2D eigenvalue weighted by molar-refractivity contribution is 0.0697. The van der Waals surface area contributed by atoms with E-state index in [0.29, 0.717) is 12.2 Å². The lowest BCUT2D eigenvalue weighted by Gasteiger charge is -2.15. The first-order chi connectivity index (χ1) is 13.4. The van der Waals surface area contributed by atoms with Gasteiger partial charge in [-0.3, -0.25) is 4.68 Å². The van der Waals surface area contributed by atoms with Crippen LogP contribution in [0.4, 0.5) is 17.5 Å². The molecule has 0 aliphatic carbocycles. The van der Waals surface area contributed by atoms with Crippen LogP contribution in [0.1, 0.15) is 29.8 Å². The summed E-state index contributed by atoms with van der Waals surface area (Å²) in [6.07, 6.45) is 4.69.